The van der Waals surface area contributed by atoms with Crippen LogP contribution in [0.4, 0.5) is 0 Å². The first kappa shape index (κ1) is 21.0. The molecule has 0 fully saturated rings. The van der Waals surface area contributed by atoms with Crippen molar-refractivity contribution in [3.05, 3.63) is 125 Å². The van der Waals surface area contributed by atoms with Crippen LogP contribution < -0.4 is 15.9 Å². The molecule has 0 spiro atoms. The Morgan fingerprint density at radius 3 is 1.21 bits per heavy atom. The van der Waals surface area contributed by atoms with Crippen LogP contribution in [0.2, 0.25) is 0 Å². The third-order valence-corrected chi connectivity index (χ3v) is 9.83. The summed E-state index contributed by atoms with van der Waals surface area (Å²) in [6.07, 6.45) is 1.01. The standard InChI is InChI=1S/C25H21BrP.BrH/c26-22-18-16-21(17-19-22)20-27(23-10-4-1-5-11-23,24-12-6-2-7-13-24)25-14-8-3-9-15-25;/h1-19H,20H2;1H. The van der Waals surface area contributed by atoms with Crippen molar-refractivity contribution in [2.45, 2.75) is 6.16 Å². The van der Waals surface area contributed by atoms with Gasteiger partial charge in [-0.2, -0.15) is 0 Å². The molecular weight excluding hydrogens is 491 g/mol. The third-order valence-electron chi connectivity index (χ3n) is 4.92. The molecule has 4 aromatic rings. The Balaban J connectivity index is 0.00000225. The summed E-state index contributed by atoms with van der Waals surface area (Å²) in [5.41, 5.74) is 1.36. The van der Waals surface area contributed by atoms with E-state index in [1.165, 1.54) is 21.5 Å². The van der Waals surface area contributed by atoms with E-state index in [0.29, 0.717) is 0 Å². The van der Waals surface area contributed by atoms with E-state index in [2.05, 4.69) is 131 Å². The molecule has 0 atom stereocenters. The minimum atomic E-state index is -1.81. The summed E-state index contributed by atoms with van der Waals surface area (Å²) in [6, 6.07) is 41.9. The van der Waals surface area contributed by atoms with Crippen molar-refractivity contribution in [1.82, 2.24) is 0 Å². The van der Waals surface area contributed by atoms with Gasteiger partial charge in [-0.15, -0.1) is 17.0 Å². The predicted molar refractivity (Wildman–Crippen MR) is 133 cm³/mol. The SMILES string of the molecule is Br.Brc1ccc(C[P](c2ccccc2)(c2ccccc2)c2ccccc2)cc1. The van der Waals surface area contributed by atoms with Gasteiger partial charge in [0, 0.05) is 10.6 Å². The summed E-state index contributed by atoms with van der Waals surface area (Å²) >= 11 is 3.57. The van der Waals surface area contributed by atoms with E-state index in [1.807, 2.05) is 0 Å². The highest BCUT2D eigenvalue weighted by Crippen LogP contribution is 2.58. The average molecular weight is 513 g/mol. The highest BCUT2D eigenvalue weighted by atomic mass is 79.9. The second kappa shape index (κ2) is 9.65. The summed E-state index contributed by atoms with van der Waals surface area (Å²) in [6.45, 7) is 0. The predicted octanol–water partition coefficient (Wildman–Crippen LogP) is 6.52. The quantitative estimate of drug-likeness (QED) is 0.267. The van der Waals surface area contributed by atoms with E-state index in [-0.39, 0.29) is 17.0 Å². The van der Waals surface area contributed by atoms with Crippen molar-refractivity contribution in [2.75, 3.05) is 0 Å². The Morgan fingerprint density at radius 2 is 0.857 bits per heavy atom. The van der Waals surface area contributed by atoms with Crippen molar-refractivity contribution in [1.29, 1.82) is 0 Å². The molecule has 0 unspecified atom stereocenters. The van der Waals surface area contributed by atoms with Crippen LogP contribution in [-0.4, -0.2) is 0 Å². The fourth-order valence-electron chi connectivity index (χ4n) is 3.63. The van der Waals surface area contributed by atoms with Crippen LogP contribution in [0.3, 0.4) is 0 Å². The highest BCUT2D eigenvalue weighted by Gasteiger charge is 2.33. The lowest BCUT2D eigenvalue weighted by molar-refractivity contribution is 1.38. The van der Waals surface area contributed by atoms with Crippen molar-refractivity contribution < 1.29 is 0 Å². The molecule has 0 heterocycles. The number of hydrogen-bond acceptors (Lipinski definition) is 0. The van der Waals surface area contributed by atoms with Crippen LogP contribution in [-0.2, 0) is 6.16 Å². The monoisotopic (exact) mass is 511 g/mol. The van der Waals surface area contributed by atoms with Crippen LogP contribution in [0.1, 0.15) is 5.56 Å². The largest absolute Gasteiger partial charge is 0.114 e. The molecule has 0 aliphatic rings. The minimum Gasteiger partial charge on any atom is -0.114 e. The molecule has 0 saturated carbocycles. The van der Waals surface area contributed by atoms with Crippen molar-refractivity contribution >= 4 is 56.1 Å². The lowest BCUT2D eigenvalue weighted by atomic mass is 10.2. The van der Waals surface area contributed by atoms with Crippen molar-refractivity contribution in [3.63, 3.8) is 0 Å². The Bertz CT molecular complexity index is 888. The van der Waals surface area contributed by atoms with Gasteiger partial charge in [-0.1, -0.05) is 119 Å². The Kier molecular flexibility index (Phi) is 7.24. The fourth-order valence-corrected chi connectivity index (χ4v) is 8.14. The Labute approximate surface area is 186 Å². The summed E-state index contributed by atoms with van der Waals surface area (Å²) < 4.78 is 1.12. The average Bonchev–Trinajstić information content (AvgIpc) is 2.75. The molecule has 28 heavy (non-hydrogen) atoms. The van der Waals surface area contributed by atoms with Gasteiger partial charge >= 0.3 is 0 Å². The summed E-state index contributed by atoms with van der Waals surface area (Å²) in [7, 11) is -1.81. The van der Waals surface area contributed by atoms with E-state index in [0.717, 1.165) is 10.6 Å². The van der Waals surface area contributed by atoms with E-state index < -0.39 is 7.26 Å². The normalized spacial score (nSPS) is 10.9. The Morgan fingerprint density at radius 1 is 0.500 bits per heavy atom. The number of rotatable bonds is 5. The van der Waals surface area contributed by atoms with E-state index in [4.69, 9.17) is 0 Å². The van der Waals surface area contributed by atoms with Crippen LogP contribution in [0, 0.1) is 0 Å². The number of hydrogen-bond donors (Lipinski definition) is 0. The topological polar surface area (TPSA) is 0 Å². The van der Waals surface area contributed by atoms with Crippen LogP contribution >= 0.6 is 40.2 Å². The van der Waals surface area contributed by atoms with Gasteiger partial charge in [-0.3, -0.25) is 0 Å². The molecule has 4 rings (SSSR count). The smallest absolute Gasteiger partial charge is 0.0175 e. The highest BCUT2D eigenvalue weighted by molar-refractivity contribution is 9.10. The maximum absolute atomic E-state index is 3.57. The van der Waals surface area contributed by atoms with E-state index >= 15 is 0 Å². The lowest BCUT2D eigenvalue weighted by Gasteiger charge is -2.38. The molecule has 0 amide bonds. The van der Waals surface area contributed by atoms with Gasteiger partial charge in [0.2, 0.25) is 0 Å². The molecule has 3 heteroatoms. The molecule has 1 radical (unpaired) electrons. The Hall–Kier alpha value is -1.73. The molecule has 0 nitrogen and oxygen atoms in total. The number of halogens is 2. The van der Waals surface area contributed by atoms with Crippen LogP contribution in [0.15, 0.2) is 120 Å². The molecule has 0 aromatic heterocycles. The summed E-state index contributed by atoms with van der Waals surface area (Å²) in [5, 5.41) is 4.26. The maximum Gasteiger partial charge on any atom is 0.0175 e. The van der Waals surface area contributed by atoms with Crippen molar-refractivity contribution in [3.8, 4) is 0 Å². The zero-order chi connectivity index (χ0) is 18.5. The summed E-state index contributed by atoms with van der Waals surface area (Å²) in [5.74, 6) is 0. The first-order valence-electron chi connectivity index (χ1n) is 9.08. The molecule has 0 bridgehead atoms. The molecule has 0 aliphatic carbocycles. The molecular formula is C25H22Br2P. The van der Waals surface area contributed by atoms with Gasteiger partial charge in [0.05, 0.1) is 0 Å². The number of benzene rings is 4. The first-order chi connectivity index (χ1) is 13.3. The van der Waals surface area contributed by atoms with Gasteiger partial charge in [0.1, 0.15) is 0 Å². The molecule has 4 aromatic carbocycles. The second-order valence-electron chi connectivity index (χ2n) is 6.60. The van der Waals surface area contributed by atoms with Gasteiger partial charge in [0.25, 0.3) is 0 Å². The van der Waals surface area contributed by atoms with Gasteiger partial charge in [0.15, 0.2) is 0 Å². The summed E-state index contributed by atoms with van der Waals surface area (Å²) in [4.78, 5) is 0. The van der Waals surface area contributed by atoms with Gasteiger partial charge < -0.3 is 0 Å². The molecule has 0 N–H and O–H groups in total. The third kappa shape index (κ3) is 4.30. The second-order valence-corrected chi connectivity index (χ2v) is 11.0. The lowest BCUT2D eigenvalue weighted by Crippen LogP contribution is -2.32. The fraction of sp³-hybridized carbons (Fsp3) is 0.0400. The first-order valence-corrected chi connectivity index (χ1v) is 11.9. The zero-order valence-corrected chi connectivity index (χ0v) is 19.6. The maximum atomic E-state index is 3.57. The van der Waals surface area contributed by atoms with E-state index in [1.54, 1.807) is 0 Å². The molecule has 141 valence electrons. The molecule has 0 aliphatic heterocycles. The van der Waals surface area contributed by atoms with E-state index in [9.17, 15) is 0 Å². The van der Waals surface area contributed by atoms with Gasteiger partial charge in [-0.25, -0.2) is 0 Å². The zero-order valence-electron chi connectivity index (χ0n) is 15.4. The molecule has 0 saturated heterocycles. The van der Waals surface area contributed by atoms with Gasteiger partial charge in [-0.05, 0) is 40.9 Å². The van der Waals surface area contributed by atoms with Crippen molar-refractivity contribution in [2.24, 2.45) is 0 Å². The minimum absolute atomic E-state index is 0. The van der Waals surface area contributed by atoms with Crippen LogP contribution in [0.5, 0.6) is 0 Å². The van der Waals surface area contributed by atoms with Crippen LogP contribution in [0.25, 0.3) is 0 Å².